The van der Waals surface area contributed by atoms with Crippen molar-refractivity contribution < 1.29 is 9.84 Å². The third kappa shape index (κ3) is 4.84. The van der Waals surface area contributed by atoms with Crippen molar-refractivity contribution >= 4 is 29.1 Å². The molecule has 1 aromatic carbocycles. The molecule has 3 aromatic rings. The van der Waals surface area contributed by atoms with E-state index in [1.165, 1.54) is 0 Å². The van der Waals surface area contributed by atoms with Gasteiger partial charge in [0.2, 0.25) is 5.95 Å². The first-order valence-electron chi connectivity index (χ1n) is 8.36. The summed E-state index contributed by atoms with van der Waals surface area (Å²) in [6.07, 6.45) is 3.43. The number of halogens is 1. The van der Waals surface area contributed by atoms with Crippen LogP contribution in [0.4, 0.5) is 17.5 Å². The second-order valence-corrected chi connectivity index (χ2v) is 6.34. The average Bonchev–Trinajstić information content (AvgIpc) is 2.68. The number of methoxy groups -OCH3 is 1. The fourth-order valence-corrected chi connectivity index (χ4v) is 2.59. The normalized spacial score (nSPS) is 11.7. The van der Waals surface area contributed by atoms with Gasteiger partial charge in [0.15, 0.2) is 0 Å². The number of nitrogens with zero attached hydrogens (tertiary/aromatic N) is 3. The van der Waals surface area contributed by atoms with Gasteiger partial charge in [0, 0.05) is 35.1 Å². The molecule has 7 nitrogen and oxygen atoms in total. The Balaban J connectivity index is 2.01. The maximum atomic E-state index is 9.31. The molecule has 27 heavy (non-hydrogen) atoms. The van der Waals surface area contributed by atoms with E-state index in [0.717, 1.165) is 5.56 Å². The Kier molecular flexibility index (Phi) is 6.05. The van der Waals surface area contributed by atoms with Crippen LogP contribution in [0, 0.1) is 0 Å². The summed E-state index contributed by atoms with van der Waals surface area (Å²) in [5.74, 6) is 1.58. The van der Waals surface area contributed by atoms with Crippen LogP contribution in [0.1, 0.15) is 6.92 Å². The first-order chi connectivity index (χ1) is 13.1. The van der Waals surface area contributed by atoms with E-state index in [-0.39, 0.29) is 12.6 Å². The maximum Gasteiger partial charge on any atom is 0.225 e. The van der Waals surface area contributed by atoms with E-state index in [9.17, 15) is 5.11 Å². The summed E-state index contributed by atoms with van der Waals surface area (Å²) in [4.78, 5) is 13.1. The number of hydrogen-bond donors (Lipinski definition) is 3. The minimum Gasteiger partial charge on any atom is -0.495 e. The number of aliphatic hydroxyl groups excluding tert-OH is 1. The first-order valence-corrected chi connectivity index (χ1v) is 8.74. The van der Waals surface area contributed by atoms with Crippen molar-refractivity contribution in [3.8, 4) is 17.0 Å². The van der Waals surface area contributed by atoms with Crippen LogP contribution in [-0.2, 0) is 0 Å². The smallest absolute Gasteiger partial charge is 0.225 e. The van der Waals surface area contributed by atoms with Crippen molar-refractivity contribution in [3.05, 3.63) is 53.8 Å². The van der Waals surface area contributed by atoms with Crippen LogP contribution in [0.3, 0.4) is 0 Å². The number of anilines is 3. The zero-order valence-electron chi connectivity index (χ0n) is 15.0. The monoisotopic (exact) mass is 385 g/mol. The molecular weight excluding hydrogens is 366 g/mol. The predicted molar refractivity (Wildman–Crippen MR) is 107 cm³/mol. The van der Waals surface area contributed by atoms with Crippen LogP contribution < -0.4 is 15.4 Å². The Morgan fingerprint density at radius 2 is 2.07 bits per heavy atom. The number of nitrogens with one attached hydrogen (secondary N) is 2. The van der Waals surface area contributed by atoms with Gasteiger partial charge in [-0.1, -0.05) is 11.6 Å². The van der Waals surface area contributed by atoms with Gasteiger partial charge < -0.3 is 20.5 Å². The highest BCUT2D eigenvalue weighted by atomic mass is 35.5. The molecule has 3 rings (SSSR count). The van der Waals surface area contributed by atoms with E-state index in [4.69, 9.17) is 16.3 Å². The Morgan fingerprint density at radius 1 is 1.22 bits per heavy atom. The van der Waals surface area contributed by atoms with E-state index >= 15 is 0 Å². The van der Waals surface area contributed by atoms with E-state index < -0.39 is 0 Å². The summed E-state index contributed by atoms with van der Waals surface area (Å²) in [6.45, 7) is 1.80. The molecule has 0 aliphatic rings. The standard InChI is InChI=1S/C19H20ClN5O2/c1-12(11-26)22-19-24-15(13-4-3-7-21-10-13)9-18(25-19)23-16-8-14(20)5-6-17(16)27-2/h3-10,12,26H,11H2,1-2H3,(H2,22,23,24,25)/t12-/m0/s1. The van der Waals surface area contributed by atoms with Gasteiger partial charge in [0.1, 0.15) is 11.6 Å². The van der Waals surface area contributed by atoms with Gasteiger partial charge in [0.25, 0.3) is 0 Å². The Morgan fingerprint density at radius 3 is 2.78 bits per heavy atom. The quantitative estimate of drug-likeness (QED) is 0.570. The number of aliphatic hydroxyl groups is 1. The molecule has 3 N–H and O–H groups in total. The van der Waals surface area contributed by atoms with E-state index in [1.807, 2.05) is 25.1 Å². The van der Waals surface area contributed by atoms with Crippen molar-refractivity contribution in [2.24, 2.45) is 0 Å². The number of benzene rings is 1. The maximum absolute atomic E-state index is 9.31. The Bertz CT molecular complexity index is 908. The second-order valence-electron chi connectivity index (χ2n) is 5.90. The van der Waals surface area contributed by atoms with Gasteiger partial charge in [-0.3, -0.25) is 4.98 Å². The highest BCUT2D eigenvalue weighted by Gasteiger charge is 2.11. The van der Waals surface area contributed by atoms with Gasteiger partial charge in [-0.05, 0) is 37.3 Å². The summed E-state index contributed by atoms with van der Waals surface area (Å²) < 4.78 is 5.38. The third-order valence-corrected chi connectivity index (χ3v) is 3.99. The van der Waals surface area contributed by atoms with Crippen molar-refractivity contribution in [2.45, 2.75) is 13.0 Å². The van der Waals surface area contributed by atoms with Gasteiger partial charge in [-0.2, -0.15) is 4.98 Å². The zero-order chi connectivity index (χ0) is 19.2. The van der Waals surface area contributed by atoms with Gasteiger partial charge in [0.05, 0.1) is 25.1 Å². The highest BCUT2D eigenvalue weighted by Crippen LogP contribution is 2.31. The molecule has 1 atom stereocenters. The van der Waals surface area contributed by atoms with Crippen molar-refractivity contribution in [1.29, 1.82) is 0 Å². The zero-order valence-corrected chi connectivity index (χ0v) is 15.7. The topological polar surface area (TPSA) is 92.2 Å². The largest absolute Gasteiger partial charge is 0.495 e. The number of rotatable bonds is 7. The van der Waals surface area contributed by atoms with Crippen LogP contribution in [-0.4, -0.2) is 39.8 Å². The molecule has 0 fully saturated rings. The minimum atomic E-state index is -0.192. The van der Waals surface area contributed by atoms with Crippen LogP contribution in [0.25, 0.3) is 11.3 Å². The molecule has 0 saturated carbocycles. The van der Waals surface area contributed by atoms with Gasteiger partial charge in [-0.15, -0.1) is 0 Å². The lowest BCUT2D eigenvalue weighted by Gasteiger charge is -2.15. The SMILES string of the molecule is COc1ccc(Cl)cc1Nc1cc(-c2cccnc2)nc(N[C@@H](C)CO)n1. The third-order valence-electron chi connectivity index (χ3n) is 3.76. The lowest BCUT2D eigenvalue weighted by Crippen LogP contribution is -2.21. The minimum absolute atomic E-state index is 0.0364. The average molecular weight is 386 g/mol. The number of pyridine rings is 1. The summed E-state index contributed by atoms with van der Waals surface area (Å²) in [5.41, 5.74) is 2.22. The Labute approximate surface area is 162 Å². The van der Waals surface area contributed by atoms with E-state index in [0.29, 0.717) is 33.9 Å². The molecule has 140 valence electrons. The van der Waals surface area contributed by atoms with Crippen LogP contribution in [0.2, 0.25) is 5.02 Å². The molecule has 0 spiro atoms. The molecule has 0 aliphatic heterocycles. The molecule has 0 unspecified atom stereocenters. The first kappa shape index (κ1) is 18.9. The molecule has 2 aromatic heterocycles. The molecule has 8 heteroatoms. The molecular formula is C19H20ClN5O2. The van der Waals surface area contributed by atoms with E-state index in [2.05, 4.69) is 25.6 Å². The molecule has 0 saturated heterocycles. The van der Waals surface area contributed by atoms with Crippen molar-refractivity contribution in [1.82, 2.24) is 15.0 Å². The van der Waals surface area contributed by atoms with Crippen LogP contribution in [0.15, 0.2) is 48.8 Å². The fourth-order valence-electron chi connectivity index (χ4n) is 2.42. The van der Waals surface area contributed by atoms with Gasteiger partial charge in [-0.25, -0.2) is 4.98 Å². The summed E-state index contributed by atoms with van der Waals surface area (Å²) in [7, 11) is 1.59. The number of aromatic nitrogens is 3. The molecule has 0 radical (unpaired) electrons. The summed E-state index contributed by atoms with van der Waals surface area (Å²) in [5, 5.41) is 16.2. The van der Waals surface area contributed by atoms with Gasteiger partial charge >= 0.3 is 0 Å². The Hall–Kier alpha value is -2.90. The van der Waals surface area contributed by atoms with Crippen molar-refractivity contribution in [2.75, 3.05) is 24.4 Å². The number of hydrogen-bond acceptors (Lipinski definition) is 7. The van der Waals surface area contributed by atoms with E-state index in [1.54, 1.807) is 37.7 Å². The predicted octanol–water partition coefficient (Wildman–Crippen LogP) is 3.74. The summed E-state index contributed by atoms with van der Waals surface area (Å²) in [6, 6.07) is 10.7. The van der Waals surface area contributed by atoms with Crippen LogP contribution >= 0.6 is 11.6 Å². The lowest BCUT2D eigenvalue weighted by molar-refractivity contribution is 0.281. The molecule has 2 heterocycles. The molecule has 0 bridgehead atoms. The lowest BCUT2D eigenvalue weighted by atomic mass is 10.2. The fraction of sp³-hybridized carbons (Fsp3) is 0.211. The second kappa shape index (κ2) is 8.66. The van der Waals surface area contributed by atoms with Crippen molar-refractivity contribution in [3.63, 3.8) is 0 Å². The number of ether oxygens (including phenoxy) is 1. The van der Waals surface area contributed by atoms with Crippen LogP contribution in [0.5, 0.6) is 5.75 Å². The molecule has 0 amide bonds. The summed E-state index contributed by atoms with van der Waals surface area (Å²) >= 11 is 6.11. The molecule has 0 aliphatic carbocycles. The highest BCUT2D eigenvalue weighted by molar-refractivity contribution is 6.31.